The summed E-state index contributed by atoms with van der Waals surface area (Å²) in [4.78, 5) is 44.9. The molecule has 0 spiro atoms. The van der Waals surface area contributed by atoms with Gasteiger partial charge in [-0.1, -0.05) is 12.1 Å². The predicted octanol–water partition coefficient (Wildman–Crippen LogP) is 3.78. The molecule has 2 N–H and O–H groups in total. The lowest BCUT2D eigenvalue weighted by atomic mass is 10.1. The van der Waals surface area contributed by atoms with Crippen molar-refractivity contribution >= 4 is 44.6 Å². The fourth-order valence-electron chi connectivity index (χ4n) is 5.40. The van der Waals surface area contributed by atoms with Gasteiger partial charge in [0, 0.05) is 35.3 Å². The minimum absolute atomic E-state index is 0.0497. The zero-order valence-corrected chi connectivity index (χ0v) is 27.1. The summed E-state index contributed by atoms with van der Waals surface area (Å²) in [5, 5.41) is 6.24. The van der Waals surface area contributed by atoms with Gasteiger partial charge in [0.1, 0.15) is 16.8 Å². The minimum Gasteiger partial charge on any atom is -0.494 e. The number of fused-ring (bicyclic) bond motifs is 2. The quantitative estimate of drug-likeness (QED) is 0.188. The molecule has 0 radical (unpaired) electrons. The van der Waals surface area contributed by atoms with Crippen molar-refractivity contribution in [1.29, 1.82) is 0 Å². The lowest BCUT2D eigenvalue weighted by Gasteiger charge is -2.33. The molecule has 0 saturated carbocycles. The zero-order chi connectivity index (χ0) is 33.0. The maximum Gasteiger partial charge on any atom is 0.325 e. The number of rotatable bonds is 10. The summed E-state index contributed by atoms with van der Waals surface area (Å²) >= 11 is 1.43. The van der Waals surface area contributed by atoms with Crippen LogP contribution >= 0.6 is 11.3 Å². The van der Waals surface area contributed by atoms with E-state index in [2.05, 4.69) is 20.5 Å². The average molecular weight is 677 g/mol. The summed E-state index contributed by atoms with van der Waals surface area (Å²) in [6, 6.07) is 17.3. The van der Waals surface area contributed by atoms with Gasteiger partial charge in [0.15, 0.2) is 0 Å². The number of nitrogens with one attached hydrogen (secondary N) is 2. The molecule has 12 nitrogen and oxygen atoms in total. The number of anilines is 1. The van der Waals surface area contributed by atoms with E-state index in [9.17, 15) is 22.8 Å². The molecule has 0 aliphatic carbocycles. The minimum atomic E-state index is -3.96. The second-order valence-electron chi connectivity index (χ2n) is 10.9. The highest BCUT2D eigenvalue weighted by Gasteiger charge is 2.32. The highest BCUT2D eigenvalue weighted by molar-refractivity contribution is 7.91. The Morgan fingerprint density at radius 1 is 1.11 bits per heavy atom. The number of amides is 2. The van der Waals surface area contributed by atoms with Crippen LogP contribution in [0.5, 0.6) is 5.75 Å². The van der Waals surface area contributed by atoms with Crippen molar-refractivity contribution in [2.24, 2.45) is 0 Å². The van der Waals surface area contributed by atoms with E-state index in [1.807, 2.05) is 24.3 Å². The first-order valence-corrected chi connectivity index (χ1v) is 17.2. The number of nitrogens with zero attached hydrogens (tertiary/aromatic N) is 2. The molecular weight excluding hydrogens is 645 g/mol. The SMILES string of the molecule is COC(=O)[C@@H]1COCCN1CCCOc1ccc(-c2ncc(CNC(=O)c3ccc4c(c3)NC(=O)c3ccccc3S4(=O)=O)s2)cc1. The molecule has 1 aromatic heterocycles. The van der Waals surface area contributed by atoms with Crippen molar-refractivity contribution in [3.63, 3.8) is 0 Å². The molecule has 3 heterocycles. The fraction of sp³-hybridized carbons (Fsp3) is 0.273. The van der Waals surface area contributed by atoms with Crippen molar-refractivity contribution in [3.05, 3.63) is 88.9 Å². The number of carbonyl (C=O) groups excluding carboxylic acids is 3. The topological polar surface area (TPSA) is 153 Å². The van der Waals surface area contributed by atoms with E-state index >= 15 is 0 Å². The molecule has 6 rings (SSSR count). The van der Waals surface area contributed by atoms with Crippen molar-refractivity contribution in [3.8, 4) is 16.3 Å². The number of esters is 1. The van der Waals surface area contributed by atoms with Crippen LogP contribution in [0, 0.1) is 0 Å². The van der Waals surface area contributed by atoms with Gasteiger partial charge in [-0.05, 0) is 61.0 Å². The third kappa shape index (κ3) is 7.05. The predicted molar refractivity (Wildman–Crippen MR) is 173 cm³/mol. The first-order valence-electron chi connectivity index (χ1n) is 14.9. The van der Waals surface area contributed by atoms with Crippen LogP contribution < -0.4 is 15.4 Å². The van der Waals surface area contributed by atoms with Crippen LogP contribution in [0.1, 0.15) is 32.0 Å². The van der Waals surface area contributed by atoms with Crippen molar-refractivity contribution in [1.82, 2.24) is 15.2 Å². The van der Waals surface area contributed by atoms with Gasteiger partial charge in [-0.3, -0.25) is 19.3 Å². The van der Waals surface area contributed by atoms with Gasteiger partial charge >= 0.3 is 5.97 Å². The molecule has 47 heavy (non-hydrogen) atoms. The molecule has 0 bridgehead atoms. The van der Waals surface area contributed by atoms with E-state index in [0.29, 0.717) is 32.9 Å². The van der Waals surface area contributed by atoms with Crippen LogP contribution in [0.4, 0.5) is 5.69 Å². The van der Waals surface area contributed by atoms with E-state index in [1.165, 1.54) is 48.8 Å². The lowest BCUT2D eigenvalue weighted by Crippen LogP contribution is -2.50. The van der Waals surface area contributed by atoms with E-state index in [4.69, 9.17) is 14.2 Å². The monoisotopic (exact) mass is 676 g/mol. The number of hydrogen-bond acceptors (Lipinski definition) is 11. The Bertz CT molecular complexity index is 1910. The normalized spacial score (nSPS) is 17.0. The molecule has 2 aliphatic rings. The molecule has 1 fully saturated rings. The second-order valence-corrected chi connectivity index (χ2v) is 13.9. The Balaban J connectivity index is 1.01. The Kier molecular flexibility index (Phi) is 9.63. The third-order valence-electron chi connectivity index (χ3n) is 7.85. The Hall–Kier alpha value is -4.63. The van der Waals surface area contributed by atoms with Gasteiger partial charge in [0.2, 0.25) is 9.84 Å². The number of thiazole rings is 1. The molecule has 244 valence electrons. The number of methoxy groups -OCH3 is 1. The zero-order valence-electron chi connectivity index (χ0n) is 25.4. The van der Waals surface area contributed by atoms with Gasteiger partial charge in [-0.2, -0.15) is 0 Å². The summed E-state index contributed by atoms with van der Waals surface area (Å²) in [6.07, 6.45) is 2.43. The largest absolute Gasteiger partial charge is 0.494 e. The van der Waals surface area contributed by atoms with Gasteiger partial charge in [0.25, 0.3) is 11.8 Å². The maximum atomic E-state index is 13.2. The molecule has 0 unspecified atom stereocenters. The summed E-state index contributed by atoms with van der Waals surface area (Å²) < 4.78 is 42.6. The number of morpholine rings is 1. The molecule has 2 amide bonds. The Morgan fingerprint density at radius 3 is 2.72 bits per heavy atom. The number of benzene rings is 3. The summed E-state index contributed by atoms with van der Waals surface area (Å²) in [5.74, 6) is -0.553. The molecule has 14 heteroatoms. The molecule has 1 saturated heterocycles. The molecule has 3 aromatic carbocycles. The number of carbonyl (C=O) groups is 3. The van der Waals surface area contributed by atoms with Crippen LogP contribution in [-0.4, -0.2) is 82.1 Å². The van der Waals surface area contributed by atoms with Gasteiger partial charge in [0.05, 0.1) is 54.5 Å². The second kappa shape index (κ2) is 14.0. The standard InChI is InChI=1S/C33H32N4O8S2/c1-43-33(40)27-20-44-16-14-37(27)13-4-15-45-23-10-7-21(8-11-23)32-35-19-24(46-32)18-34-30(38)22-9-12-29-26(17-22)36-31(39)25-5-2-3-6-28(25)47(29,41)42/h2-3,5-12,17,19,27H,4,13-16,18,20H2,1H3,(H,34,38)(H,36,39)/t27-/m0/s1. The number of aromatic nitrogens is 1. The van der Waals surface area contributed by atoms with Crippen LogP contribution in [0.3, 0.4) is 0 Å². The van der Waals surface area contributed by atoms with Gasteiger partial charge < -0.3 is 24.8 Å². The van der Waals surface area contributed by atoms with E-state index in [1.54, 1.807) is 18.3 Å². The number of hydrogen-bond donors (Lipinski definition) is 2. The molecule has 1 atom stereocenters. The van der Waals surface area contributed by atoms with Crippen molar-refractivity contribution in [2.45, 2.75) is 28.8 Å². The first-order chi connectivity index (χ1) is 22.7. The van der Waals surface area contributed by atoms with Crippen LogP contribution in [-0.2, 0) is 30.7 Å². The van der Waals surface area contributed by atoms with Crippen molar-refractivity contribution < 1.29 is 37.0 Å². The molecular formula is C33H32N4O8S2. The van der Waals surface area contributed by atoms with Crippen LogP contribution in [0.2, 0.25) is 0 Å². The van der Waals surface area contributed by atoms with Crippen molar-refractivity contribution in [2.75, 3.05) is 45.3 Å². The van der Waals surface area contributed by atoms with Crippen LogP contribution in [0.15, 0.2) is 82.7 Å². The summed E-state index contributed by atoms with van der Waals surface area (Å²) in [7, 11) is -2.58. The Morgan fingerprint density at radius 2 is 1.91 bits per heavy atom. The molecule has 4 aromatic rings. The van der Waals surface area contributed by atoms with Gasteiger partial charge in [-0.25, -0.2) is 13.4 Å². The lowest BCUT2D eigenvalue weighted by molar-refractivity contribution is -0.153. The summed E-state index contributed by atoms with van der Waals surface area (Å²) in [6.45, 7) is 2.99. The first kappa shape index (κ1) is 32.3. The number of sulfone groups is 1. The maximum absolute atomic E-state index is 13.2. The van der Waals surface area contributed by atoms with E-state index < -0.39 is 21.7 Å². The van der Waals surface area contributed by atoms with Gasteiger partial charge in [-0.15, -0.1) is 11.3 Å². The average Bonchev–Trinajstić information content (AvgIpc) is 3.55. The highest BCUT2D eigenvalue weighted by atomic mass is 32.2. The smallest absolute Gasteiger partial charge is 0.325 e. The van der Waals surface area contributed by atoms with E-state index in [0.717, 1.165) is 27.6 Å². The Labute approximate surface area is 275 Å². The fourth-order valence-corrected chi connectivity index (χ4v) is 7.85. The van der Waals surface area contributed by atoms with E-state index in [-0.39, 0.29) is 45.2 Å². The third-order valence-corrected chi connectivity index (χ3v) is 10.8. The number of ether oxygens (including phenoxy) is 3. The molecule has 2 aliphatic heterocycles. The highest BCUT2D eigenvalue weighted by Crippen LogP contribution is 2.34. The van der Waals surface area contributed by atoms with Crippen LogP contribution in [0.25, 0.3) is 10.6 Å². The summed E-state index contributed by atoms with van der Waals surface area (Å²) in [5.41, 5.74) is 1.21.